The van der Waals surface area contributed by atoms with Gasteiger partial charge in [-0.1, -0.05) is 97.1 Å². The van der Waals surface area contributed by atoms with Gasteiger partial charge >= 0.3 is 5.85 Å². The van der Waals surface area contributed by atoms with Crippen molar-refractivity contribution in [3.8, 4) is 22.7 Å². The van der Waals surface area contributed by atoms with Crippen molar-refractivity contribution in [2.24, 2.45) is 5.10 Å². The molecule has 1 aromatic heterocycles. The number of fused-ring (bicyclic) bond motifs is 4. The van der Waals surface area contributed by atoms with Gasteiger partial charge in [0.05, 0.1) is 28.0 Å². The van der Waals surface area contributed by atoms with E-state index in [0.29, 0.717) is 11.3 Å². The molecule has 3 aliphatic heterocycles. The van der Waals surface area contributed by atoms with Crippen molar-refractivity contribution < 1.29 is 9.53 Å². The third-order valence-electron chi connectivity index (χ3n) is 7.78. The second-order valence-electron chi connectivity index (χ2n) is 10.4. The Morgan fingerprint density at radius 3 is 2.29 bits per heavy atom. The Kier molecular flexibility index (Phi) is 5.75. The molecule has 1 N–H and O–H groups in total. The quantitative estimate of drug-likeness (QED) is 0.248. The number of rotatable bonds is 4. The molecule has 0 radical (unpaired) electrons. The van der Waals surface area contributed by atoms with Crippen molar-refractivity contribution in [1.29, 1.82) is 0 Å². The number of amides is 1. The molecule has 1 fully saturated rings. The van der Waals surface area contributed by atoms with Crippen LogP contribution in [0.3, 0.4) is 0 Å². The first-order chi connectivity index (χ1) is 20.7. The highest BCUT2D eigenvalue weighted by Crippen LogP contribution is 2.53. The number of carbonyl (C=O) groups is 1. The number of ether oxygens (including phenoxy) is 1. The van der Waals surface area contributed by atoms with Crippen LogP contribution in [-0.4, -0.2) is 31.6 Å². The van der Waals surface area contributed by atoms with Gasteiger partial charge in [-0.05, 0) is 41.6 Å². The van der Waals surface area contributed by atoms with Gasteiger partial charge in [0.2, 0.25) is 0 Å². The first-order valence-electron chi connectivity index (χ1n) is 13.8. The van der Waals surface area contributed by atoms with Crippen LogP contribution in [0.5, 0.6) is 5.75 Å². The summed E-state index contributed by atoms with van der Waals surface area (Å²) in [6.45, 7) is 0. The smallest absolute Gasteiger partial charge is 0.314 e. The van der Waals surface area contributed by atoms with Gasteiger partial charge in [-0.2, -0.15) is 10.2 Å². The molecule has 1 amide bonds. The van der Waals surface area contributed by atoms with Crippen LogP contribution < -0.4 is 10.1 Å². The van der Waals surface area contributed by atoms with E-state index in [0.717, 1.165) is 56.9 Å². The monoisotopic (exact) mass is 567 g/mol. The standard InChI is InChI=1S/C34H25N5O2S/c40-33-35-34(39-29(27-18-10-11-19-30(27)41-34)21-28(36-39)23-12-4-1-5-13-23)31(42-33)20-25-22-38(26-16-8-3-9-17-26)37-32(25)24-14-6-2-7-15-24/h1-20,22,29H,21H2,(H,35,40). The van der Waals surface area contributed by atoms with Crippen molar-refractivity contribution in [1.82, 2.24) is 20.1 Å². The maximum Gasteiger partial charge on any atom is 0.314 e. The third-order valence-corrected chi connectivity index (χ3v) is 8.68. The van der Waals surface area contributed by atoms with E-state index in [1.807, 2.05) is 119 Å². The number of thioether (sulfide) groups is 1. The number of aromatic nitrogens is 2. The minimum Gasteiger partial charge on any atom is -0.444 e. The van der Waals surface area contributed by atoms with Crippen molar-refractivity contribution in [2.45, 2.75) is 18.3 Å². The van der Waals surface area contributed by atoms with Gasteiger partial charge in [0.25, 0.3) is 5.24 Å². The summed E-state index contributed by atoms with van der Waals surface area (Å²) in [5, 5.41) is 15.0. The number of benzene rings is 4. The summed E-state index contributed by atoms with van der Waals surface area (Å²) in [7, 11) is 0. The number of para-hydroxylation sites is 2. The van der Waals surface area contributed by atoms with Crippen LogP contribution in [0.1, 0.15) is 29.2 Å². The lowest BCUT2D eigenvalue weighted by atomic mass is 9.95. The molecule has 3 aliphatic rings. The van der Waals surface area contributed by atoms with Crippen LogP contribution in [0.4, 0.5) is 4.79 Å². The molecule has 8 heteroatoms. The molecule has 5 aromatic rings. The minimum absolute atomic E-state index is 0.104. The van der Waals surface area contributed by atoms with Crippen molar-refractivity contribution >= 4 is 28.8 Å². The summed E-state index contributed by atoms with van der Waals surface area (Å²) in [5.41, 5.74) is 6.66. The first kappa shape index (κ1) is 24.7. The number of hydrazone groups is 1. The third kappa shape index (κ3) is 4.02. The summed E-state index contributed by atoms with van der Waals surface area (Å²) >= 11 is 1.13. The Labute approximate surface area is 247 Å². The molecule has 8 rings (SSSR count). The largest absolute Gasteiger partial charge is 0.444 e. The van der Waals surface area contributed by atoms with Crippen molar-refractivity contribution in [2.75, 3.05) is 0 Å². The van der Waals surface area contributed by atoms with Crippen LogP contribution in [0, 0.1) is 0 Å². The molecule has 0 saturated carbocycles. The fourth-order valence-electron chi connectivity index (χ4n) is 5.84. The van der Waals surface area contributed by atoms with Gasteiger partial charge in [-0.15, -0.1) is 0 Å². The van der Waals surface area contributed by atoms with Crippen molar-refractivity contribution in [3.05, 3.63) is 143 Å². The zero-order valence-electron chi connectivity index (χ0n) is 22.4. The predicted molar refractivity (Wildman–Crippen MR) is 165 cm³/mol. The highest BCUT2D eigenvalue weighted by atomic mass is 32.2. The minimum atomic E-state index is -1.29. The summed E-state index contributed by atoms with van der Waals surface area (Å²) in [6.07, 6.45) is 4.71. The molecular formula is C34H25N5O2S. The second kappa shape index (κ2) is 9.78. The molecule has 2 unspecified atom stereocenters. The van der Waals surface area contributed by atoms with Crippen LogP contribution in [0.2, 0.25) is 0 Å². The number of nitrogens with zero attached hydrogens (tertiary/aromatic N) is 4. The Morgan fingerprint density at radius 2 is 1.52 bits per heavy atom. The maximum atomic E-state index is 13.2. The maximum absolute atomic E-state index is 13.2. The lowest BCUT2D eigenvalue weighted by molar-refractivity contribution is -0.0949. The number of hydrogen-bond acceptors (Lipinski definition) is 6. The highest BCUT2D eigenvalue weighted by molar-refractivity contribution is 8.17. The number of carbonyl (C=O) groups excluding carboxylic acids is 1. The van der Waals surface area contributed by atoms with E-state index in [9.17, 15) is 4.79 Å². The number of nitrogens with one attached hydrogen (secondary N) is 1. The Morgan fingerprint density at radius 1 is 0.857 bits per heavy atom. The van der Waals surface area contributed by atoms with E-state index in [1.54, 1.807) is 0 Å². The van der Waals surface area contributed by atoms with E-state index in [4.69, 9.17) is 14.9 Å². The molecular weight excluding hydrogens is 542 g/mol. The topological polar surface area (TPSA) is 71.8 Å². The van der Waals surface area contributed by atoms with E-state index < -0.39 is 5.85 Å². The van der Waals surface area contributed by atoms with Gasteiger partial charge < -0.3 is 4.74 Å². The molecule has 2 atom stereocenters. The predicted octanol–water partition coefficient (Wildman–Crippen LogP) is 7.23. The zero-order chi connectivity index (χ0) is 28.1. The van der Waals surface area contributed by atoms with E-state index in [2.05, 4.69) is 23.5 Å². The number of hydrogen-bond donors (Lipinski definition) is 1. The normalized spacial score (nSPS) is 21.6. The Bertz CT molecular complexity index is 1870. The Hall–Kier alpha value is -5.08. The Balaban J connectivity index is 1.30. The van der Waals surface area contributed by atoms with Crippen LogP contribution in [0.25, 0.3) is 23.0 Å². The van der Waals surface area contributed by atoms with Gasteiger partial charge in [0, 0.05) is 29.3 Å². The van der Waals surface area contributed by atoms with Gasteiger partial charge in [-0.3, -0.25) is 10.1 Å². The van der Waals surface area contributed by atoms with Crippen LogP contribution in [-0.2, 0) is 0 Å². The lowest BCUT2D eigenvalue weighted by Crippen LogP contribution is -2.61. The molecule has 7 nitrogen and oxygen atoms in total. The van der Waals surface area contributed by atoms with Crippen LogP contribution in [0.15, 0.2) is 131 Å². The average molecular weight is 568 g/mol. The summed E-state index contributed by atoms with van der Waals surface area (Å²) < 4.78 is 8.61. The first-order valence-corrected chi connectivity index (χ1v) is 14.6. The lowest BCUT2D eigenvalue weighted by Gasteiger charge is -2.45. The molecule has 0 bridgehead atoms. The summed E-state index contributed by atoms with van der Waals surface area (Å²) in [5.74, 6) is -0.555. The summed E-state index contributed by atoms with van der Waals surface area (Å²) in [4.78, 5) is 13.9. The molecule has 1 spiro atoms. The average Bonchev–Trinajstić information content (AvgIpc) is 3.75. The zero-order valence-corrected chi connectivity index (χ0v) is 23.2. The van der Waals surface area contributed by atoms with E-state index in [-0.39, 0.29) is 11.3 Å². The van der Waals surface area contributed by atoms with Gasteiger partial charge in [0.1, 0.15) is 5.75 Å². The molecule has 1 saturated heterocycles. The molecule has 4 heterocycles. The van der Waals surface area contributed by atoms with Crippen LogP contribution >= 0.6 is 11.8 Å². The SMILES string of the molecule is O=C1NC2(Oc3ccccc3C3CC(c4ccccc4)=NN32)C(=Cc2cn(-c3ccccc3)nc2-c2ccccc2)S1. The van der Waals surface area contributed by atoms with E-state index in [1.165, 1.54) is 0 Å². The molecule has 42 heavy (non-hydrogen) atoms. The molecule has 204 valence electrons. The van der Waals surface area contributed by atoms with Gasteiger partial charge in [0.15, 0.2) is 0 Å². The van der Waals surface area contributed by atoms with Crippen molar-refractivity contribution in [3.63, 3.8) is 0 Å². The highest BCUT2D eigenvalue weighted by Gasteiger charge is 2.58. The van der Waals surface area contributed by atoms with E-state index >= 15 is 0 Å². The molecule has 0 aliphatic carbocycles. The molecule has 4 aromatic carbocycles. The fourth-order valence-corrected chi connectivity index (χ4v) is 6.74. The fraction of sp³-hybridized carbons (Fsp3) is 0.0882. The van der Waals surface area contributed by atoms with Gasteiger partial charge in [-0.25, -0.2) is 9.69 Å². The second-order valence-corrected chi connectivity index (χ2v) is 11.4. The summed E-state index contributed by atoms with van der Waals surface area (Å²) in [6, 6.07) is 38.2.